The molecule has 0 bridgehead atoms. The van der Waals surface area contributed by atoms with Crippen molar-refractivity contribution >= 4 is 23.7 Å². The summed E-state index contributed by atoms with van der Waals surface area (Å²) in [6, 6.07) is -5.28. The number of nitrogens with one attached hydrogen (secondary N) is 3. The van der Waals surface area contributed by atoms with Crippen molar-refractivity contribution in [3.05, 3.63) is 0 Å². The van der Waals surface area contributed by atoms with Crippen LogP contribution < -0.4 is 16.0 Å². The Hall–Kier alpha value is -3.08. The number of aliphatic hydroxyl groups is 15. The fraction of sp³-hybridized carbons (Fsp3) is 0.897. The Balaban J connectivity index is 1.62. The third kappa shape index (κ3) is 12.9. The molecule has 5 saturated heterocycles. The predicted molar refractivity (Wildman–Crippen MR) is 219 cm³/mol. The van der Waals surface area contributed by atoms with Crippen LogP contribution in [-0.4, -0.2) is 297 Å². The van der Waals surface area contributed by atoms with E-state index in [-0.39, 0.29) is 0 Å². The summed E-state index contributed by atoms with van der Waals surface area (Å²) in [5.41, 5.74) is 0. The van der Waals surface area contributed by atoms with Gasteiger partial charge in [0.25, 0.3) is 5.79 Å². The number of ether oxygens (including phenoxy) is 9. The number of amides is 3. The zero-order valence-electron chi connectivity index (χ0n) is 38.1. The molecular weight excluding hydrogens is 974 g/mol. The highest BCUT2D eigenvalue weighted by atomic mass is 16.8. The number of rotatable bonds is 19. The Morgan fingerprint density at radius 2 is 1.03 bits per heavy atom. The van der Waals surface area contributed by atoms with Gasteiger partial charge in [0.05, 0.1) is 45.2 Å². The van der Waals surface area contributed by atoms with Crippen molar-refractivity contribution in [1.82, 2.24) is 16.0 Å². The van der Waals surface area contributed by atoms with Gasteiger partial charge >= 0.3 is 5.97 Å². The van der Waals surface area contributed by atoms with E-state index < -0.39 is 222 Å². The second-order valence-electron chi connectivity index (χ2n) is 17.6. The fourth-order valence-electron chi connectivity index (χ4n) is 8.94. The first-order valence-electron chi connectivity index (χ1n) is 22.2. The topological polar surface area (TPSA) is 511 Å². The van der Waals surface area contributed by atoms with E-state index in [9.17, 15) is 101 Å². The standard InChI is InChI=1S/C39H65N3O29/c1-10(48)40-19-13(51)4-39(38(61)62,70-32(19)22(53)14(52)5-43)71-33-28(59)37(67-29-17(8-46)63-34(60)20(25(29)56)41-11(2)49)66-18(9-47)30(33)68-35-21(42-12(3)50)31(24(55)16(7-45)64-35)69-36-27(58)26(57)23(54)15(6-44)65-36/h13-37,43-47,51-60H,4-9H2,1-3H3,(H,40,48)(H,41,49)(H,42,50)(H,61,62)/t13-,14+,15+,16+,17+,18+,19+,20+,21+,22+,23-,24-,25+,26-,27+,28+,29+,30-,31+,32+,33+,34+,35-,36-,37-,39-/m0/s1. The molecule has 26 atom stereocenters. The molecule has 0 radical (unpaired) electrons. The van der Waals surface area contributed by atoms with E-state index in [4.69, 9.17) is 42.6 Å². The van der Waals surface area contributed by atoms with Gasteiger partial charge in [-0.15, -0.1) is 0 Å². The van der Waals surface area contributed by atoms with Crippen LogP contribution in [0.5, 0.6) is 0 Å². The monoisotopic (exact) mass is 1040 g/mol. The summed E-state index contributed by atoms with van der Waals surface area (Å²) in [6.45, 7) is -2.48. The van der Waals surface area contributed by atoms with Gasteiger partial charge < -0.3 is 140 Å². The van der Waals surface area contributed by atoms with Crippen LogP contribution in [0.2, 0.25) is 0 Å². The molecule has 0 aromatic rings. The summed E-state index contributed by atoms with van der Waals surface area (Å²) >= 11 is 0. The van der Waals surface area contributed by atoms with Crippen LogP contribution in [0.4, 0.5) is 0 Å². The van der Waals surface area contributed by atoms with E-state index in [1.807, 2.05) is 0 Å². The lowest BCUT2D eigenvalue weighted by Crippen LogP contribution is -2.72. The third-order valence-electron chi connectivity index (χ3n) is 12.5. The highest BCUT2D eigenvalue weighted by molar-refractivity contribution is 5.77. The average Bonchev–Trinajstić information content (AvgIpc) is 3.31. The van der Waals surface area contributed by atoms with Gasteiger partial charge in [0.2, 0.25) is 17.7 Å². The van der Waals surface area contributed by atoms with Crippen molar-refractivity contribution in [3.63, 3.8) is 0 Å². The zero-order valence-corrected chi connectivity index (χ0v) is 38.1. The lowest BCUT2D eigenvalue weighted by molar-refractivity contribution is -0.401. The van der Waals surface area contributed by atoms with Crippen LogP contribution in [0.3, 0.4) is 0 Å². The van der Waals surface area contributed by atoms with E-state index in [2.05, 4.69) is 16.0 Å². The predicted octanol–water partition coefficient (Wildman–Crippen LogP) is -12.3. The number of carbonyl (C=O) groups excluding carboxylic acids is 3. The van der Waals surface area contributed by atoms with Crippen LogP contribution >= 0.6 is 0 Å². The molecule has 5 heterocycles. The molecule has 0 unspecified atom stereocenters. The van der Waals surface area contributed by atoms with Crippen molar-refractivity contribution in [2.45, 2.75) is 186 Å². The smallest absolute Gasteiger partial charge is 0.364 e. The normalized spacial score (nSPS) is 45.0. The minimum absolute atomic E-state index is 0.788. The van der Waals surface area contributed by atoms with Crippen LogP contribution in [0, 0.1) is 0 Å². The maximum Gasteiger partial charge on any atom is 0.364 e. The van der Waals surface area contributed by atoms with Gasteiger partial charge in [-0.1, -0.05) is 0 Å². The zero-order chi connectivity index (χ0) is 53.0. The molecule has 3 amide bonds. The molecule has 5 fully saturated rings. The quantitative estimate of drug-likeness (QED) is 0.0571. The average molecular weight is 1040 g/mol. The Bertz CT molecular complexity index is 1770. The van der Waals surface area contributed by atoms with Gasteiger partial charge in [-0.05, 0) is 0 Å². The summed E-state index contributed by atoms with van der Waals surface area (Å²) in [5, 5.41) is 179. The van der Waals surface area contributed by atoms with Gasteiger partial charge in [0, 0.05) is 27.2 Å². The van der Waals surface area contributed by atoms with Gasteiger partial charge in [-0.3, -0.25) is 14.4 Å². The lowest BCUT2D eigenvalue weighted by atomic mass is 9.88. The number of hydrogen-bond acceptors (Lipinski definition) is 28. The number of aliphatic carboxylic acids is 1. The fourth-order valence-corrected chi connectivity index (χ4v) is 8.94. The Labute approximate surface area is 402 Å². The van der Waals surface area contributed by atoms with Gasteiger partial charge in [0.15, 0.2) is 25.2 Å². The summed E-state index contributed by atoms with van der Waals surface area (Å²) in [4.78, 5) is 50.5. The highest BCUT2D eigenvalue weighted by Crippen LogP contribution is 2.40. The van der Waals surface area contributed by atoms with E-state index in [1.165, 1.54) is 0 Å². The molecule has 5 aliphatic rings. The molecule has 32 heteroatoms. The lowest BCUT2D eigenvalue weighted by Gasteiger charge is -2.52. The van der Waals surface area contributed by atoms with Crippen LogP contribution in [0.1, 0.15) is 27.2 Å². The van der Waals surface area contributed by atoms with Crippen molar-refractivity contribution in [2.75, 3.05) is 33.0 Å². The van der Waals surface area contributed by atoms with Crippen LogP contribution in [0.25, 0.3) is 0 Å². The second-order valence-corrected chi connectivity index (χ2v) is 17.6. The molecule has 19 N–H and O–H groups in total. The SMILES string of the molecule is CC(=O)N[C@@H]1[C@@H](O)[C@H](O[C@@H]2O[C@H](CO)[C@H](O[C@@H]3O[C@H](CO)[C@H](O)[C@H](O[C@@H]4O[C@H](CO)[C@H](O)[C@H](O)[C@H]4O)[C@H]3NC(C)=O)[C@H](O[C@]3(C(=O)O)C[C@H](O)[C@@H](NC(C)=O)[C@H]([C@H](O)[C@H](O)CO)O3)[C@H]2O)[C@@H](CO)O[C@H]1O. The van der Waals surface area contributed by atoms with Gasteiger partial charge in [-0.25, -0.2) is 4.79 Å². The van der Waals surface area contributed by atoms with Crippen LogP contribution in [0.15, 0.2) is 0 Å². The summed E-state index contributed by atoms with van der Waals surface area (Å²) < 4.78 is 52.2. The molecule has 410 valence electrons. The molecule has 5 rings (SSSR count). The Morgan fingerprint density at radius 1 is 0.549 bits per heavy atom. The Morgan fingerprint density at radius 3 is 1.58 bits per heavy atom. The van der Waals surface area contributed by atoms with Crippen molar-refractivity contribution in [3.8, 4) is 0 Å². The second kappa shape index (κ2) is 25.0. The minimum atomic E-state index is -3.34. The number of carboxylic acids is 1. The Kier molecular flexibility index (Phi) is 20.7. The molecule has 0 aromatic heterocycles. The van der Waals surface area contributed by atoms with Crippen molar-refractivity contribution < 1.29 is 144 Å². The summed E-state index contributed by atoms with van der Waals surface area (Å²) in [5.74, 6) is -8.05. The molecule has 0 spiro atoms. The first-order valence-corrected chi connectivity index (χ1v) is 22.2. The van der Waals surface area contributed by atoms with E-state index in [1.54, 1.807) is 0 Å². The number of carboxylic acid groups (broad SMARTS) is 1. The largest absolute Gasteiger partial charge is 0.477 e. The van der Waals surface area contributed by atoms with E-state index in [0.29, 0.717) is 0 Å². The molecule has 0 aromatic carbocycles. The first kappa shape index (κ1) is 58.8. The van der Waals surface area contributed by atoms with Gasteiger partial charge in [0.1, 0.15) is 116 Å². The summed E-state index contributed by atoms with van der Waals surface area (Å²) in [6.07, 6.45) is -46.3. The number of hydrogen-bond donors (Lipinski definition) is 19. The van der Waals surface area contributed by atoms with Crippen molar-refractivity contribution in [1.29, 1.82) is 0 Å². The van der Waals surface area contributed by atoms with E-state index >= 15 is 0 Å². The van der Waals surface area contributed by atoms with Crippen LogP contribution in [-0.2, 0) is 61.8 Å². The van der Waals surface area contributed by atoms with Gasteiger partial charge in [-0.2, -0.15) is 0 Å². The molecule has 5 aliphatic heterocycles. The minimum Gasteiger partial charge on any atom is -0.477 e. The number of aliphatic hydroxyl groups excluding tert-OH is 15. The molecule has 0 aliphatic carbocycles. The highest BCUT2D eigenvalue weighted by Gasteiger charge is 2.62. The molecular formula is C39H65N3O29. The molecule has 0 saturated carbocycles. The maximum atomic E-state index is 13.5. The molecule has 32 nitrogen and oxygen atoms in total. The summed E-state index contributed by atoms with van der Waals surface area (Å²) in [7, 11) is 0. The molecule has 71 heavy (non-hydrogen) atoms. The first-order chi connectivity index (χ1) is 33.4. The van der Waals surface area contributed by atoms with E-state index in [0.717, 1.165) is 20.8 Å². The number of carbonyl (C=O) groups is 4. The maximum absolute atomic E-state index is 13.5. The third-order valence-corrected chi connectivity index (χ3v) is 12.5. The van der Waals surface area contributed by atoms with Crippen molar-refractivity contribution in [2.24, 2.45) is 0 Å².